The topological polar surface area (TPSA) is 41.6 Å². The maximum absolute atomic E-state index is 12.3. The molecule has 1 saturated heterocycles. The molecule has 0 radical (unpaired) electrons. The van der Waals surface area contributed by atoms with E-state index >= 15 is 0 Å². The van der Waals surface area contributed by atoms with E-state index in [9.17, 15) is 4.79 Å². The third-order valence-electron chi connectivity index (χ3n) is 4.02. The molecule has 1 aliphatic heterocycles. The molecule has 1 fully saturated rings. The molecule has 4 heteroatoms. The highest BCUT2D eigenvalue weighted by atomic mass is 16.6. The lowest BCUT2D eigenvalue weighted by Gasteiger charge is -2.31. The van der Waals surface area contributed by atoms with Crippen LogP contribution in [-0.2, 0) is 4.74 Å². The van der Waals surface area contributed by atoms with Crippen LogP contribution in [0.5, 0.6) is 0 Å². The Morgan fingerprint density at radius 3 is 2.41 bits per heavy atom. The number of likely N-dealkylation sites (tertiary alicyclic amines) is 1. The molecule has 3 unspecified atom stereocenters. The Kier molecular flexibility index (Phi) is 7.17. The fourth-order valence-corrected chi connectivity index (χ4v) is 3.38. The molecule has 0 aromatic carbocycles. The molecule has 1 aliphatic rings. The largest absolute Gasteiger partial charge is 0.444 e. The zero-order chi connectivity index (χ0) is 16.9. The molecule has 0 aliphatic carbocycles. The van der Waals surface area contributed by atoms with Crippen molar-refractivity contribution in [3.63, 3.8) is 0 Å². The minimum atomic E-state index is -0.417. The van der Waals surface area contributed by atoms with Crippen LogP contribution in [0.2, 0.25) is 0 Å². The molecule has 130 valence electrons. The van der Waals surface area contributed by atoms with Gasteiger partial charge in [0.2, 0.25) is 0 Å². The smallest absolute Gasteiger partial charge is 0.410 e. The molecule has 4 nitrogen and oxygen atoms in total. The molecule has 1 rings (SSSR count). The highest BCUT2D eigenvalue weighted by Gasteiger charge is 2.33. The minimum absolute atomic E-state index is 0.155. The van der Waals surface area contributed by atoms with Crippen LogP contribution in [0, 0.1) is 5.92 Å². The van der Waals surface area contributed by atoms with Crippen LogP contribution in [-0.4, -0.2) is 41.3 Å². The summed E-state index contributed by atoms with van der Waals surface area (Å²) in [7, 11) is 0. The van der Waals surface area contributed by atoms with E-state index in [0.717, 1.165) is 25.8 Å². The van der Waals surface area contributed by atoms with E-state index in [2.05, 4.69) is 33.0 Å². The Balaban J connectivity index is 2.48. The van der Waals surface area contributed by atoms with Gasteiger partial charge in [-0.05, 0) is 66.2 Å². The molecule has 1 N–H and O–H groups in total. The number of nitrogens with one attached hydrogen (secondary N) is 1. The Morgan fingerprint density at radius 1 is 1.23 bits per heavy atom. The maximum atomic E-state index is 12.3. The summed E-state index contributed by atoms with van der Waals surface area (Å²) in [4.78, 5) is 14.2. The van der Waals surface area contributed by atoms with Gasteiger partial charge in [-0.1, -0.05) is 13.8 Å². The van der Waals surface area contributed by atoms with Gasteiger partial charge in [-0.25, -0.2) is 4.79 Å². The standard InChI is InChI=1S/C18H36N2O2/c1-13(2)11-14(3)19-15(4)12-16-9-8-10-20(16)17(21)22-18(5,6)7/h13-16,19H,8-12H2,1-7H3. The summed E-state index contributed by atoms with van der Waals surface area (Å²) in [6.45, 7) is 15.6. The fourth-order valence-electron chi connectivity index (χ4n) is 3.38. The molecule has 0 spiro atoms. The van der Waals surface area contributed by atoms with Gasteiger partial charge in [-0.2, -0.15) is 0 Å². The lowest BCUT2D eigenvalue weighted by Crippen LogP contribution is -2.44. The van der Waals surface area contributed by atoms with E-state index in [1.807, 2.05) is 25.7 Å². The van der Waals surface area contributed by atoms with Gasteiger partial charge >= 0.3 is 6.09 Å². The molecule has 22 heavy (non-hydrogen) atoms. The first-order valence-electron chi connectivity index (χ1n) is 8.84. The summed E-state index contributed by atoms with van der Waals surface area (Å²) in [6, 6.07) is 1.25. The van der Waals surface area contributed by atoms with Crippen LogP contribution >= 0.6 is 0 Å². The van der Waals surface area contributed by atoms with Crippen molar-refractivity contribution in [3.05, 3.63) is 0 Å². The van der Waals surface area contributed by atoms with Crippen molar-refractivity contribution in [3.8, 4) is 0 Å². The Hall–Kier alpha value is -0.770. The van der Waals surface area contributed by atoms with Gasteiger partial charge in [0, 0.05) is 24.7 Å². The normalized spacial score (nSPS) is 22.0. The second-order valence-corrected chi connectivity index (χ2v) is 8.30. The van der Waals surface area contributed by atoms with Gasteiger partial charge in [0.25, 0.3) is 0 Å². The number of carbonyl (C=O) groups excluding carboxylic acids is 1. The summed E-state index contributed by atoms with van der Waals surface area (Å²) < 4.78 is 5.53. The van der Waals surface area contributed by atoms with E-state index < -0.39 is 5.60 Å². The van der Waals surface area contributed by atoms with Gasteiger partial charge in [0.15, 0.2) is 0 Å². The number of rotatable bonds is 6. The van der Waals surface area contributed by atoms with Crippen molar-refractivity contribution < 1.29 is 9.53 Å². The average Bonchev–Trinajstić information content (AvgIpc) is 2.72. The summed E-state index contributed by atoms with van der Waals surface area (Å²) in [5.74, 6) is 0.708. The zero-order valence-corrected chi connectivity index (χ0v) is 15.6. The summed E-state index contributed by atoms with van der Waals surface area (Å²) in [5, 5.41) is 3.67. The molecule has 0 aromatic heterocycles. The number of nitrogens with zero attached hydrogens (tertiary/aromatic N) is 1. The van der Waals surface area contributed by atoms with Crippen molar-refractivity contribution in [2.24, 2.45) is 5.92 Å². The molecular formula is C18H36N2O2. The first-order valence-corrected chi connectivity index (χ1v) is 8.84. The SMILES string of the molecule is CC(C)CC(C)NC(C)CC1CCCN1C(=O)OC(C)(C)C. The molecule has 0 saturated carbocycles. The third-order valence-corrected chi connectivity index (χ3v) is 4.02. The molecule has 0 bridgehead atoms. The second kappa shape index (κ2) is 8.19. The second-order valence-electron chi connectivity index (χ2n) is 8.30. The summed E-state index contributed by atoms with van der Waals surface area (Å²) >= 11 is 0. The predicted octanol–water partition coefficient (Wildman–Crippen LogP) is 4.19. The van der Waals surface area contributed by atoms with E-state index in [4.69, 9.17) is 4.74 Å². The van der Waals surface area contributed by atoms with Gasteiger partial charge < -0.3 is 15.0 Å². The molecular weight excluding hydrogens is 276 g/mol. The Labute approximate surface area is 137 Å². The lowest BCUT2D eigenvalue weighted by atomic mass is 10.0. The predicted molar refractivity (Wildman–Crippen MR) is 92.1 cm³/mol. The van der Waals surface area contributed by atoms with Gasteiger partial charge in [-0.15, -0.1) is 0 Å². The highest BCUT2D eigenvalue weighted by molar-refractivity contribution is 5.68. The monoisotopic (exact) mass is 312 g/mol. The fraction of sp³-hybridized carbons (Fsp3) is 0.944. The van der Waals surface area contributed by atoms with E-state index in [1.165, 1.54) is 6.42 Å². The van der Waals surface area contributed by atoms with Crippen molar-refractivity contribution in [1.82, 2.24) is 10.2 Å². The van der Waals surface area contributed by atoms with Gasteiger partial charge in [0.1, 0.15) is 5.60 Å². The highest BCUT2D eigenvalue weighted by Crippen LogP contribution is 2.24. The van der Waals surface area contributed by atoms with Crippen LogP contribution in [0.4, 0.5) is 4.79 Å². The van der Waals surface area contributed by atoms with Crippen molar-refractivity contribution in [1.29, 1.82) is 0 Å². The van der Waals surface area contributed by atoms with Gasteiger partial charge in [0.05, 0.1) is 0 Å². The van der Waals surface area contributed by atoms with Crippen molar-refractivity contribution in [2.45, 2.75) is 97.9 Å². The Morgan fingerprint density at radius 2 is 1.86 bits per heavy atom. The molecule has 0 aromatic rings. The molecule has 1 heterocycles. The van der Waals surface area contributed by atoms with E-state index in [-0.39, 0.29) is 6.09 Å². The third kappa shape index (κ3) is 6.99. The number of hydrogen-bond acceptors (Lipinski definition) is 3. The summed E-state index contributed by atoms with van der Waals surface area (Å²) in [5.41, 5.74) is -0.417. The summed E-state index contributed by atoms with van der Waals surface area (Å²) in [6.07, 6.45) is 4.20. The van der Waals surface area contributed by atoms with Crippen LogP contribution in [0.25, 0.3) is 0 Å². The van der Waals surface area contributed by atoms with Gasteiger partial charge in [-0.3, -0.25) is 0 Å². The lowest BCUT2D eigenvalue weighted by molar-refractivity contribution is 0.0214. The van der Waals surface area contributed by atoms with Crippen LogP contribution in [0.15, 0.2) is 0 Å². The van der Waals surface area contributed by atoms with Crippen molar-refractivity contribution in [2.75, 3.05) is 6.54 Å². The van der Waals surface area contributed by atoms with E-state index in [1.54, 1.807) is 0 Å². The van der Waals surface area contributed by atoms with Crippen molar-refractivity contribution >= 4 is 6.09 Å². The number of ether oxygens (including phenoxy) is 1. The number of amides is 1. The first-order chi connectivity index (χ1) is 10.1. The van der Waals surface area contributed by atoms with Crippen LogP contribution in [0.1, 0.15) is 74.1 Å². The molecule has 3 atom stereocenters. The zero-order valence-electron chi connectivity index (χ0n) is 15.6. The van der Waals surface area contributed by atoms with E-state index in [0.29, 0.717) is 24.0 Å². The quantitative estimate of drug-likeness (QED) is 0.799. The Bertz CT molecular complexity index is 349. The van der Waals surface area contributed by atoms with Crippen LogP contribution < -0.4 is 5.32 Å². The average molecular weight is 312 g/mol. The number of hydrogen-bond donors (Lipinski definition) is 1. The maximum Gasteiger partial charge on any atom is 0.410 e. The molecule has 1 amide bonds. The van der Waals surface area contributed by atoms with Crippen LogP contribution in [0.3, 0.4) is 0 Å². The first kappa shape index (κ1) is 19.3. The minimum Gasteiger partial charge on any atom is -0.444 e. The number of carbonyl (C=O) groups is 1.